The van der Waals surface area contributed by atoms with Crippen molar-refractivity contribution in [2.24, 2.45) is 0 Å². The van der Waals surface area contributed by atoms with Crippen molar-refractivity contribution in [1.29, 1.82) is 0 Å². The molecule has 2 heterocycles. The van der Waals surface area contributed by atoms with Gasteiger partial charge in [0.25, 0.3) is 5.78 Å². The Bertz CT molecular complexity index is 1060. The molecule has 10 heteroatoms. The molecule has 0 unspecified atom stereocenters. The number of hydrogen-bond acceptors (Lipinski definition) is 8. The molecule has 0 aliphatic heterocycles. The normalized spacial score (nSPS) is 11.9. The molecule has 9 nitrogen and oxygen atoms in total. The molecular formula is C19H27N7O2S. The van der Waals surface area contributed by atoms with Crippen LogP contribution in [0.5, 0.6) is 0 Å². The topological polar surface area (TPSA) is 95.7 Å². The zero-order valence-electron chi connectivity index (χ0n) is 17.2. The molecule has 0 amide bonds. The molecule has 3 rings (SSSR count). The van der Waals surface area contributed by atoms with Crippen molar-refractivity contribution in [2.75, 3.05) is 50.2 Å². The van der Waals surface area contributed by atoms with Crippen LogP contribution in [0.1, 0.15) is 13.3 Å². The summed E-state index contributed by atoms with van der Waals surface area (Å²) in [6.45, 7) is 3.56. The lowest BCUT2D eigenvalue weighted by Gasteiger charge is -2.21. The molecule has 0 fully saturated rings. The molecule has 1 aromatic carbocycles. The summed E-state index contributed by atoms with van der Waals surface area (Å²) in [6, 6.07) is 8.65. The largest absolute Gasteiger partial charge is 0.358 e. The van der Waals surface area contributed by atoms with Crippen LogP contribution in [0.3, 0.4) is 0 Å². The van der Waals surface area contributed by atoms with Gasteiger partial charge in [-0.05, 0) is 44.8 Å². The van der Waals surface area contributed by atoms with Gasteiger partial charge < -0.3 is 15.1 Å². The van der Waals surface area contributed by atoms with Crippen LogP contribution in [-0.4, -0.2) is 72.9 Å². The molecule has 0 aliphatic rings. The number of rotatable bonds is 9. The van der Waals surface area contributed by atoms with Gasteiger partial charge in [-0.25, -0.2) is 8.42 Å². The Morgan fingerprint density at radius 2 is 1.83 bits per heavy atom. The summed E-state index contributed by atoms with van der Waals surface area (Å²) in [5.41, 5.74) is 0.755. The minimum atomic E-state index is -3.23. The van der Waals surface area contributed by atoms with Crippen molar-refractivity contribution in [3.63, 3.8) is 0 Å². The van der Waals surface area contributed by atoms with Gasteiger partial charge >= 0.3 is 0 Å². The Labute approximate surface area is 171 Å². The maximum atomic E-state index is 12.2. The van der Waals surface area contributed by atoms with E-state index in [0.29, 0.717) is 22.9 Å². The molecule has 0 radical (unpaired) electrons. The SMILES string of the molecule is CCCS(=O)(=O)c1ccc(Nc2cc(N(C)CCN(C)C)nc3ncnn23)cc1. The van der Waals surface area contributed by atoms with Crippen molar-refractivity contribution in [3.8, 4) is 0 Å². The van der Waals surface area contributed by atoms with E-state index >= 15 is 0 Å². The van der Waals surface area contributed by atoms with E-state index in [0.717, 1.165) is 24.6 Å². The lowest BCUT2D eigenvalue weighted by atomic mass is 10.3. The Hall–Kier alpha value is -2.72. The average molecular weight is 418 g/mol. The highest BCUT2D eigenvalue weighted by atomic mass is 32.2. The number of sulfone groups is 1. The fourth-order valence-electron chi connectivity index (χ4n) is 2.83. The molecule has 0 atom stereocenters. The lowest BCUT2D eigenvalue weighted by Crippen LogP contribution is -2.29. The Balaban J connectivity index is 1.86. The third kappa shape index (κ3) is 5.01. The van der Waals surface area contributed by atoms with Crippen molar-refractivity contribution < 1.29 is 8.42 Å². The Kier molecular flexibility index (Phi) is 6.33. The lowest BCUT2D eigenvalue weighted by molar-refractivity contribution is 0.416. The van der Waals surface area contributed by atoms with Crippen LogP contribution >= 0.6 is 0 Å². The molecule has 156 valence electrons. The van der Waals surface area contributed by atoms with Crippen molar-refractivity contribution >= 4 is 32.9 Å². The number of anilines is 3. The summed E-state index contributed by atoms with van der Waals surface area (Å²) in [7, 11) is 2.81. The van der Waals surface area contributed by atoms with Crippen LogP contribution in [0, 0.1) is 0 Å². The van der Waals surface area contributed by atoms with Crippen LogP contribution < -0.4 is 10.2 Å². The first kappa shape index (κ1) is 21.0. The fourth-order valence-corrected chi connectivity index (χ4v) is 4.15. The molecule has 0 bridgehead atoms. The molecular weight excluding hydrogens is 390 g/mol. The zero-order chi connectivity index (χ0) is 21.0. The summed E-state index contributed by atoms with van der Waals surface area (Å²) in [5.74, 6) is 2.11. The standard InChI is InChI=1S/C19H27N7O2S/c1-5-12-29(27,28)16-8-6-15(7-9-16)22-18-13-17(25(4)11-10-24(2)3)23-19-20-14-21-26(18)19/h6-9,13-14,22H,5,10-12H2,1-4H3. The van der Waals surface area contributed by atoms with E-state index in [1.165, 1.54) is 6.33 Å². The zero-order valence-corrected chi connectivity index (χ0v) is 18.0. The van der Waals surface area contributed by atoms with Crippen LogP contribution in [0.2, 0.25) is 0 Å². The first-order chi connectivity index (χ1) is 13.8. The third-order valence-electron chi connectivity index (χ3n) is 4.47. The molecule has 29 heavy (non-hydrogen) atoms. The summed E-state index contributed by atoms with van der Waals surface area (Å²) < 4.78 is 26.0. The summed E-state index contributed by atoms with van der Waals surface area (Å²) in [6.07, 6.45) is 2.05. The van der Waals surface area contributed by atoms with E-state index in [1.807, 2.05) is 34.1 Å². The van der Waals surface area contributed by atoms with E-state index in [9.17, 15) is 8.42 Å². The highest BCUT2D eigenvalue weighted by molar-refractivity contribution is 7.91. The van der Waals surface area contributed by atoms with Gasteiger partial charge in [-0.3, -0.25) is 0 Å². The predicted octanol–water partition coefficient (Wildman–Crippen LogP) is 2.05. The summed E-state index contributed by atoms with van der Waals surface area (Å²) in [4.78, 5) is 13.3. The van der Waals surface area contributed by atoms with Gasteiger partial charge in [0.2, 0.25) is 0 Å². The summed E-state index contributed by atoms with van der Waals surface area (Å²) in [5, 5.41) is 7.52. The smallest absolute Gasteiger partial charge is 0.256 e. The van der Waals surface area contributed by atoms with E-state index in [2.05, 4.69) is 30.2 Å². The van der Waals surface area contributed by atoms with Crippen LogP contribution in [-0.2, 0) is 9.84 Å². The third-order valence-corrected chi connectivity index (χ3v) is 6.41. The molecule has 0 saturated heterocycles. The highest BCUT2D eigenvalue weighted by Gasteiger charge is 2.14. The van der Waals surface area contributed by atoms with Crippen LogP contribution in [0.4, 0.5) is 17.3 Å². The first-order valence-corrected chi connectivity index (χ1v) is 11.1. The second-order valence-electron chi connectivity index (χ2n) is 7.16. The average Bonchev–Trinajstić information content (AvgIpc) is 3.15. The number of nitrogens with zero attached hydrogens (tertiary/aromatic N) is 6. The first-order valence-electron chi connectivity index (χ1n) is 9.46. The van der Waals surface area contributed by atoms with Gasteiger partial charge in [0, 0.05) is 31.9 Å². The van der Waals surface area contributed by atoms with Gasteiger partial charge in [-0.1, -0.05) is 6.92 Å². The van der Waals surface area contributed by atoms with Crippen LogP contribution in [0.25, 0.3) is 5.78 Å². The second kappa shape index (κ2) is 8.75. The molecule has 0 aliphatic carbocycles. The van der Waals surface area contributed by atoms with E-state index in [1.54, 1.807) is 28.8 Å². The monoisotopic (exact) mass is 417 g/mol. The number of aromatic nitrogens is 4. The molecule has 1 N–H and O–H groups in total. The Morgan fingerprint density at radius 1 is 1.10 bits per heavy atom. The number of nitrogens with one attached hydrogen (secondary N) is 1. The van der Waals surface area contributed by atoms with E-state index in [4.69, 9.17) is 0 Å². The van der Waals surface area contributed by atoms with Crippen molar-refractivity contribution in [1.82, 2.24) is 24.5 Å². The quantitative estimate of drug-likeness (QED) is 0.565. The van der Waals surface area contributed by atoms with Crippen molar-refractivity contribution in [2.45, 2.75) is 18.2 Å². The summed E-state index contributed by atoms with van der Waals surface area (Å²) >= 11 is 0. The minimum absolute atomic E-state index is 0.145. The van der Waals surface area contributed by atoms with Gasteiger partial charge in [0.15, 0.2) is 9.84 Å². The number of benzene rings is 1. The molecule has 0 saturated carbocycles. The maximum Gasteiger partial charge on any atom is 0.256 e. The predicted molar refractivity (Wildman–Crippen MR) is 115 cm³/mol. The van der Waals surface area contributed by atoms with Gasteiger partial charge in [-0.2, -0.15) is 19.6 Å². The van der Waals surface area contributed by atoms with E-state index in [-0.39, 0.29) is 5.75 Å². The van der Waals surface area contributed by atoms with Gasteiger partial charge in [-0.15, -0.1) is 0 Å². The van der Waals surface area contributed by atoms with Gasteiger partial charge in [0.05, 0.1) is 10.6 Å². The molecule has 2 aromatic heterocycles. The molecule has 0 spiro atoms. The minimum Gasteiger partial charge on any atom is -0.358 e. The fraction of sp³-hybridized carbons (Fsp3) is 0.421. The highest BCUT2D eigenvalue weighted by Crippen LogP contribution is 2.23. The second-order valence-corrected chi connectivity index (χ2v) is 9.27. The molecule has 3 aromatic rings. The van der Waals surface area contributed by atoms with Crippen LogP contribution in [0.15, 0.2) is 41.6 Å². The Morgan fingerprint density at radius 3 is 2.48 bits per heavy atom. The number of hydrogen-bond donors (Lipinski definition) is 1. The maximum absolute atomic E-state index is 12.2. The number of fused-ring (bicyclic) bond motifs is 1. The van der Waals surface area contributed by atoms with Gasteiger partial charge in [0.1, 0.15) is 18.0 Å². The van der Waals surface area contributed by atoms with E-state index < -0.39 is 9.84 Å². The number of likely N-dealkylation sites (N-methyl/N-ethyl adjacent to an activating group) is 2. The van der Waals surface area contributed by atoms with Crippen molar-refractivity contribution in [3.05, 3.63) is 36.7 Å².